The van der Waals surface area contributed by atoms with E-state index in [0.29, 0.717) is 12.5 Å². The summed E-state index contributed by atoms with van der Waals surface area (Å²) in [5.74, 6) is 0.475. The molecule has 0 unspecified atom stereocenters. The monoisotopic (exact) mass is 181 g/mol. The number of anilines is 1. The molecule has 1 aromatic rings. The van der Waals surface area contributed by atoms with Gasteiger partial charge in [0.15, 0.2) is 0 Å². The molecule has 0 aliphatic heterocycles. The second kappa shape index (κ2) is 4.85. The SMILES string of the molecule is CC(C)c1ccccc1NCCF. The third-order valence-electron chi connectivity index (χ3n) is 1.99. The molecule has 1 aromatic carbocycles. The Hall–Kier alpha value is -1.05. The molecular formula is C11H16FN. The maximum absolute atomic E-state index is 11.9. The van der Waals surface area contributed by atoms with Crippen molar-refractivity contribution in [2.75, 3.05) is 18.5 Å². The van der Waals surface area contributed by atoms with E-state index in [9.17, 15) is 4.39 Å². The molecule has 0 aromatic heterocycles. The van der Waals surface area contributed by atoms with Crippen LogP contribution in [0.15, 0.2) is 24.3 Å². The molecule has 0 spiro atoms. The molecule has 0 fully saturated rings. The van der Waals surface area contributed by atoms with Gasteiger partial charge in [-0.15, -0.1) is 0 Å². The highest BCUT2D eigenvalue weighted by Crippen LogP contribution is 2.23. The topological polar surface area (TPSA) is 12.0 Å². The van der Waals surface area contributed by atoms with E-state index in [0.717, 1.165) is 5.69 Å². The van der Waals surface area contributed by atoms with E-state index >= 15 is 0 Å². The van der Waals surface area contributed by atoms with Crippen LogP contribution in [-0.2, 0) is 0 Å². The highest BCUT2D eigenvalue weighted by molar-refractivity contribution is 5.52. The van der Waals surface area contributed by atoms with Crippen LogP contribution in [0, 0.1) is 0 Å². The smallest absolute Gasteiger partial charge is 0.107 e. The molecule has 1 nitrogen and oxygen atoms in total. The number of nitrogens with one attached hydrogen (secondary N) is 1. The van der Waals surface area contributed by atoms with Gasteiger partial charge in [-0.2, -0.15) is 0 Å². The molecule has 2 heteroatoms. The molecule has 0 aliphatic carbocycles. The average Bonchev–Trinajstić information content (AvgIpc) is 2.15. The third-order valence-corrected chi connectivity index (χ3v) is 1.99. The highest BCUT2D eigenvalue weighted by atomic mass is 19.1. The average molecular weight is 181 g/mol. The van der Waals surface area contributed by atoms with Gasteiger partial charge in [0.2, 0.25) is 0 Å². The van der Waals surface area contributed by atoms with Gasteiger partial charge in [-0.05, 0) is 17.5 Å². The van der Waals surface area contributed by atoms with E-state index in [1.165, 1.54) is 5.56 Å². The first-order chi connectivity index (χ1) is 6.25. The van der Waals surface area contributed by atoms with E-state index in [4.69, 9.17) is 0 Å². The minimum absolute atomic E-state index is 0.327. The first kappa shape index (κ1) is 10.0. The zero-order chi connectivity index (χ0) is 9.68. The van der Waals surface area contributed by atoms with Crippen molar-refractivity contribution in [1.82, 2.24) is 0 Å². The molecule has 0 saturated heterocycles. The molecule has 0 bridgehead atoms. The van der Waals surface area contributed by atoms with E-state index in [2.05, 4.69) is 25.2 Å². The Morgan fingerprint density at radius 1 is 1.31 bits per heavy atom. The molecule has 1 N–H and O–H groups in total. The summed E-state index contributed by atoms with van der Waals surface area (Å²) in [6, 6.07) is 8.04. The van der Waals surface area contributed by atoms with Crippen LogP contribution in [0.3, 0.4) is 0 Å². The summed E-state index contributed by atoms with van der Waals surface area (Å²) in [4.78, 5) is 0. The van der Waals surface area contributed by atoms with Gasteiger partial charge in [-0.25, -0.2) is 4.39 Å². The summed E-state index contributed by atoms with van der Waals surface area (Å²) < 4.78 is 11.9. The largest absolute Gasteiger partial charge is 0.382 e. The zero-order valence-electron chi connectivity index (χ0n) is 8.18. The maximum atomic E-state index is 11.9. The maximum Gasteiger partial charge on any atom is 0.107 e. The van der Waals surface area contributed by atoms with Crippen LogP contribution in [0.2, 0.25) is 0 Å². The molecule has 0 amide bonds. The number of alkyl halides is 1. The predicted octanol–water partition coefficient (Wildman–Crippen LogP) is 3.19. The molecular weight excluding hydrogens is 165 g/mol. The number of benzene rings is 1. The molecule has 0 saturated carbocycles. The van der Waals surface area contributed by atoms with E-state index in [1.54, 1.807) is 0 Å². The first-order valence-electron chi connectivity index (χ1n) is 4.64. The Morgan fingerprint density at radius 3 is 2.62 bits per heavy atom. The van der Waals surface area contributed by atoms with Gasteiger partial charge in [0, 0.05) is 12.2 Å². The Kier molecular flexibility index (Phi) is 3.74. The Labute approximate surface area is 79.0 Å². The normalized spacial score (nSPS) is 10.5. The summed E-state index contributed by atoms with van der Waals surface area (Å²) in [6.45, 7) is 4.34. The minimum Gasteiger partial charge on any atom is -0.382 e. The second-order valence-corrected chi connectivity index (χ2v) is 3.36. The van der Waals surface area contributed by atoms with Crippen LogP contribution in [0.1, 0.15) is 25.3 Å². The Morgan fingerprint density at radius 2 is 2.00 bits per heavy atom. The first-order valence-corrected chi connectivity index (χ1v) is 4.64. The fourth-order valence-electron chi connectivity index (χ4n) is 1.34. The van der Waals surface area contributed by atoms with E-state index in [1.807, 2.05) is 18.2 Å². The fourth-order valence-corrected chi connectivity index (χ4v) is 1.34. The van der Waals surface area contributed by atoms with Crippen molar-refractivity contribution in [3.05, 3.63) is 29.8 Å². The van der Waals surface area contributed by atoms with Gasteiger partial charge < -0.3 is 5.32 Å². The molecule has 72 valence electrons. The zero-order valence-corrected chi connectivity index (χ0v) is 8.18. The van der Waals surface area contributed by atoms with Crippen LogP contribution in [0.25, 0.3) is 0 Å². The summed E-state index contributed by atoms with van der Waals surface area (Å²) in [7, 11) is 0. The lowest BCUT2D eigenvalue weighted by Gasteiger charge is -2.13. The van der Waals surface area contributed by atoms with Crippen LogP contribution in [0.5, 0.6) is 0 Å². The summed E-state index contributed by atoms with van der Waals surface area (Å²) in [5, 5.41) is 3.07. The van der Waals surface area contributed by atoms with Crippen molar-refractivity contribution in [3.8, 4) is 0 Å². The fraction of sp³-hybridized carbons (Fsp3) is 0.455. The molecule has 0 heterocycles. The molecule has 13 heavy (non-hydrogen) atoms. The van der Waals surface area contributed by atoms with Gasteiger partial charge in [0.25, 0.3) is 0 Å². The third kappa shape index (κ3) is 2.72. The second-order valence-electron chi connectivity index (χ2n) is 3.36. The van der Waals surface area contributed by atoms with Gasteiger partial charge >= 0.3 is 0 Å². The van der Waals surface area contributed by atoms with Crippen molar-refractivity contribution in [3.63, 3.8) is 0 Å². The van der Waals surface area contributed by atoms with Crippen molar-refractivity contribution in [1.29, 1.82) is 0 Å². The molecule has 0 radical (unpaired) electrons. The Bertz CT molecular complexity index is 258. The van der Waals surface area contributed by atoms with Crippen LogP contribution < -0.4 is 5.32 Å². The number of rotatable bonds is 4. The van der Waals surface area contributed by atoms with Crippen molar-refractivity contribution >= 4 is 5.69 Å². The molecule has 1 rings (SSSR count). The van der Waals surface area contributed by atoms with Gasteiger partial charge in [0.1, 0.15) is 6.67 Å². The van der Waals surface area contributed by atoms with Crippen molar-refractivity contribution < 1.29 is 4.39 Å². The highest BCUT2D eigenvalue weighted by Gasteiger charge is 2.03. The number of halogens is 1. The van der Waals surface area contributed by atoms with Gasteiger partial charge in [-0.1, -0.05) is 32.0 Å². The predicted molar refractivity (Wildman–Crippen MR) is 55.0 cm³/mol. The quantitative estimate of drug-likeness (QED) is 0.752. The lowest BCUT2D eigenvalue weighted by Crippen LogP contribution is -2.05. The molecule has 0 atom stereocenters. The van der Waals surface area contributed by atoms with Crippen molar-refractivity contribution in [2.24, 2.45) is 0 Å². The van der Waals surface area contributed by atoms with Crippen LogP contribution >= 0.6 is 0 Å². The van der Waals surface area contributed by atoms with Gasteiger partial charge in [-0.3, -0.25) is 0 Å². The van der Waals surface area contributed by atoms with Crippen LogP contribution in [0.4, 0.5) is 10.1 Å². The number of hydrogen-bond donors (Lipinski definition) is 1. The Balaban J connectivity index is 2.78. The summed E-state index contributed by atoms with van der Waals surface area (Å²) in [5.41, 5.74) is 2.30. The van der Waals surface area contributed by atoms with Gasteiger partial charge in [0.05, 0.1) is 0 Å². The number of para-hydroxylation sites is 1. The summed E-state index contributed by atoms with van der Waals surface area (Å²) in [6.07, 6.45) is 0. The van der Waals surface area contributed by atoms with Crippen molar-refractivity contribution in [2.45, 2.75) is 19.8 Å². The lowest BCUT2D eigenvalue weighted by atomic mass is 10.0. The number of hydrogen-bond acceptors (Lipinski definition) is 1. The molecule has 0 aliphatic rings. The minimum atomic E-state index is -0.327. The summed E-state index contributed by atoms with van der Waals surface area (Å²) >= 11 is 0. The standard InChI is InChI=1S/C11H16FN/c1-9(2)10-5-3-4-6-11(10)13-8-7-12/h3-6,9,13H,7-8H2,1-2H3. The van der Waals surface area contributed by atoms with E-state index < -0.39 is 0 Å². The lowest BCUT2D eigenvalue weighted by molar-refractivity contribution is 0.512. The van der Waals surface area contributed by atoms with E-state index in [-0.39, 0.29) is 6.67 Å². The van der Waals surface area contributed by atoms with Crippen LogP contribution in [-0.4, -0.2) is 13.2 Å².